The molecule has 1 aliphatic rings. The second kappa shape index (κ2) is 7.87. The molecule has 0 aromatic carbocycles. The summed E-state index contributed by atoms with van der Waals surface area (Å²) in [5.74, 6) is 0. The molecule has 2 rings (SSSR count). The predicted octanol–water partition coefficient (Wildman–Crippen LogP) is 3.28. The number of thiazole rings is 1. The van der Waals surface area contributed by atoms with Crippen LogP contribution >= 0.6 is 11.3 Å². The van der Waals surface area contributed by atoms with Gasteiger partial charge in [-0.05, 0) is 32.7 Å². The Kier molecular flexibility index (Phi) is 6.11. The monoisotopic (exact) mass is 268 g/mol. The highest BCUT2D eigenvalue weighted by Gasteiger charge is 2.12. The minimum Gasteiger partial charge on any atom is -0.378 e. The molecule has 1 aromatic rings. The number of ether oxygens (including phenoxy) is 1. The largest absolute Gasteiger partial charge is 0.378 e. The number of nitrogens with one attached hydrogen (secondary N) is 1. The summed E-state index contributed by atoms with van der Waals surface area (Å²) < 4.78 is 5.89. The van der Waals surface area contributed by atoms with Gasteiger partial charge >= 0.3 is 0 Å². The third-order valence-electron chi connectivity index (χ3n) is 3.53. The van der Waals surface area contributed by atoms with Crippen LogP contribution in [-0.4, -0.2) is 24.2 Å². The highest BCUT2D eigenvalue weighted by Crippen LogP contribution is 2.20. The van der Waals surface area contributed by atoms with Gasteiger partial charge in [-0.1, -0.05) is 19.3 Å². The van der Waals surface area contributed by atoms with Gasteiger partial charge in [-0.25, -0.2) is 4.98 Å². The van der Waals surface area contributed by atoms with Crippen molar-refractivity contribution in [2.75, 3.05) is 13.2 Å². The number of aromatic nitrogens is 1. The average Bonchev–Trinajstić information content (AvgIpc) is 2.81. The van der Waals surface area contributed by atoms with E-state index in [1.54, 1.807) is 11.3 Å². The van der Waals surface area contributed by atoms with Crippen molar-refractivity contribution in [2.45, 2.75) is 58.1 Å². The third kappa shape index (κ3) is 4.67. The third-order valence-corrected chi connectivity index (χ3v) is 4.47. The maximum atomic E-state index is 5.89. The van der Waals surface area contributed by atoms with E-state index in [4.69, 9.17) is 4.74 Å². The Balaban J connectivity index is 1.47. The van der Waals surface area contributed by atoms with Crippen LogP contribution in [0.2, 0.25) is 0 Å². The lowest BCUT2D eigenvalue weighted by Gasteiger charge is -2.21. The first-order valence-corrected chi connectivity index (χ1v) is 7.95. The molecule has 0 spiro atoms. The van der Waals surface area contributed by atoms with Crippen LogP contribution in [0.25, 0.3) is 0 Å². The Morgan fingerprint density at radius 2 is 2.22 bits per heavy atom. The molecule has 4 heteroatoms. The summed E-state index contributed by atoms with van der Waals surface area (Å²) in [6.07, 6.45) is 8.30. The van der Waals surface area contributed by atoms with Gasteiger partial charge in [0.15, 0.2) is 0 Å². The molecular formula is C14H24N2OS. The summed E-state index contributed by atoms with van der Waals surface area (Å²) in [6, 6.07) is 0. The minimum atomic E-state index is 0.544. The lowest BCUT2D eigenvalue weighted by atomic mass is 9.98. The summed E-state index contributed by atoms with van der Waals surface area (Å²) in [7, 11) is 0. The van der Waals surface area contributed by atoms with Crippen LogP contribution in [0.4, 0.5) is 0 Å². The fourth-order valence-electron chi connectivity index (χ4n) is 2.38. The molecule has 102 valence electrons. The van der Waals surface area contributed by atoms with Gasteiger partial charge in [-0.2, -0.15) is 0 Å². The molecule has 1 aromatic heterocycles. The molecule has 0 amide bonds. The summed E-state index contributed by atoms with van der Waals surface area (Å²) in [6.45, 7) is 4.95. The molecule has 0 atom stereocenters. The normalized spacial score (nSPS) is 17.2. The first-order chi connectivity index (χ1) is 8.86. The molecule has 1 aliphatic carbocycles. The van der Waals surface area contributed by atoms with Crippen molar-refractivity contribution in [1.29, 1.82) is 0 Å². The summed E-state index contributed by atoms with van der Waals surface area (Å²) >= 11 is 1.73. The van der Waals surface area contributed by atoms with Crippen molar-refractivity contribution in [3.8, 4) is 0 Å². The molecule has 0 saturated heterocycles. The van der Waals surface area contributed by atoms with Crippen molar-refractivity contribution < 1.29 is 4.74 Å². The van der Waals surface area contributed by atoms with E-state index in [1.165, 1.54) is 37.0 Å². The molecular weight excluding hydrogens is 244 g/mol. The van der Waals surface area contributed by atoms with E-state index in [0.717, 1.165) is 31.8 Å². The van der Waals surface area contributed by atoms with Gasteiger partial charge in [-0.15, -0.1) is 11.3 Å². The zero-order valence-corrected chi connectivity index (χ0v) is 12.1. The summed E-state index contributed by atoms with van der Waals surface area (Å²) in [5.41, 5.74) is 3.07. The Labute approximate surface area is 114 Å². The number of rotatable bonds is 7. The van der Waals surface area contributed by atoms with E-state index in [9.17, 15) is 0 Å². The van der Waals surface area contributed by atoms with Crippen LogP contribution in [0.5, 0.6) is 0 Å². The number of nitrogens with zero attached hydrogens (tertiary/aromatic N) is 1. The number of aryl methyl sites for hydroxylation is 1. The smallest absolute Gasteiger partial charge is 0.0798 e. The highest BCUT2D eigenvalue weighted by atomic mass is 32.1. The van der Waals surface area contributed by atoms with Crippen molar-refractivity contribution in [2.24, 2.45) is 0 Å². The molecule has 1 saturated carbocycles. The average molecular weight is 268 g/mol. The lowest BCUT2D eigenvalue weighted by molar-refractivity contribution is 0.0273. The second-order valence-electron chi connectivity index (χ2n) is 5.02. The van der Waals surface area contributed by atoms with Gasteiger partial charge in [0.1, 0.15) is 0 Å². The first kappa shape index (κ1) is 14.0. The maximum Gasteiger partial charge on any atom is 0.0798 e. The SMILES string of the molecule is Cc1ncsc1CNCCCOC1CCCCC1. The molecule has 1 fully saturated rings. The van der Waals surface area contributed by atoms with Gasteiger partial charge in [0, 0.05) is 18.0 Å². The summed E-state index contributed by atoms with van der Waals surface area (Å²) in [5, 5.41) is 3.46. The highest BCUT2D eigenvalue weighted by molar-refractivity contribution is 7.09. The fourth-order valence-corrected chi connectivity index (χ4v) is 3.12. The van der Waals surface area contributed by atoms with Crippen LogP contribution in [0.1, 0.15) is 49.1 Å². The van der Waals surface area contributed by atoms with E-state index >= 15 is 0 Å². The number of hydrogen-bond donors (Lipinski definition) is 1. The quantitative estimate of drug-likeness (QED) is 0.771. The molecule has 0 unspecified atom stereocenters. The molecule has 0 bridgehead atoms. The molecule has 0 radical (unpaired) electrons. The van der Waals surface area contributed by atoms with Crippen molar-refractivity contribution in [3.05, 3.63) is 16.1 Å². The Morgan fingerprint density at radius 3 is 2.94 bits per heavy atom. The lowest BCUT2D eigenvalue weighted by Crippen LogP contribution is -2.20. The Bertz CT molecular complexity index is 334. The molecule has 1 heterocycles. The zero-order chi connectivity index (χ0) is 12.6. The first-order valence-electron chi connectivity index (χ1n) is 7.07. The Morgan fingerprint density at radius 1 is 1.39 bits per heavy atom. The zero-order valence-electron chi connectivity index (χ0n) is 11.3. The predicted molar refractivity (Wildman–Crippen MR) is 76.0 cm³/mol. The molecule has 1 N–H and O–H groups in total. The summed E-state index contributed by atoms with van der Waals surface area (Å²) in [4.78, 5) is 5.60. The maximum absolute atomic E-state index is 5.89. The van der Waals surface area contributed by atoms with Gasteiger partial charge in [0.25, 0.3) is 0 Å². The van der Waals surface area contributed by atoms with E-state index in [1.807, 2.05) is 5.51 Å². The number of hydrogen-bond acceptors (Lipinski definition) is 4. The van der Waals surface area contributed by atoms with Crippen molar-refractivity contribution >= 4 is 11.3 Å². The molecule has 18 heavy (non-hydrogen) atoms. The van der Waals surface area contributed by atoms with Crippen molar-refractivity contribution in [3.63, 3.8) is 0 Å². The van der Waals surface area contributed by atoms with Gasteiger partial charge in [-0.3, -0.25) is 0 Å². The van der Waals surface area contributed by atoms with E-state index in [0.29, 0.717) is 6.10 Å². The van der Waals surface area contributed by atoms with Gasteiger partial charge < -0.3 is 10.1 Å². The van der Waals surface area contributed by atoms with Crippen LogP contribution in [-0.2, 0) is 11.3 Å². The molecule has 0 aliphatic heterocycles. The van der Waals surface area contributed by atoms with Crippen LogP contribution in [0, 0.1) is 6.92 Å². The van der Waals surface area contributed by atoms with Gasteiger partial charge in [0.05, 0.1) is 17.3 Å². The standard InChI is InChI=1S/C14H24N2OS/c1-12-14(18-11-16-12)10-15-8-5-9-17-13-6-3-2-4-7-13/h11,13,15H,2-10H2,1H3. The van der Waals surface area contributed by atoms with Gasteiger partial charge in [0.2, 0.25) is 0 Å². The fraction of sp³-hybridized carbons (Fsp3) is 0.786. The van der Waals surface area contributed by atoms with Crippen LogP contribution in [0.15, 0.2) is 5.51 Å². The van der Waals surface area contributed by atoms with E-state index in [-0.39, 0.29) is 0 Å². The van der Waals surface area contributed by atoms with E-state index < -0.39 is 0 Å². The second-order valence-corrected chi connectivity index (χ2v) is 5.96. The topological polar surface area (TPSA) is 34.2 Å². The minimum absolute atomic E-state index is 0.544. The van der Waals surface area contributed by atoms with Crippen LogP contribution < -0.4 is 5.32 Å². The Hall–Kier alpha value is -0.450. The van der Waals surface area contributed by atoms with E-state index in [2.05, 4.69) is 17.2 Å². The molecule has 3 nitrogen and oxygen atoms in total. The van der Waals surface area contributed by atoms with Crippen molar-refractivity contribution in [1.82, 2.24) is 10.3 Å². The van der Waals surface area contributed by atoms with Crippen LogP contribution in [0.3, 0.4) is 0 Å².